The highest BCUT2D eigenvalue weighted by Gasteiger charge is 2.28. The van der Waals surface area contributed by atoms with E-state index in [0.717, 1.165) is 18.5 Å². The molecule has 2 heterocycles. The van der Waals surface area contributed by atoms with E-state index in [2.05, 4.69) is 48.3 Å². The fraction of sp³-hybridized carbons (Fsp3) is 0.647. The predicted molar refractivity (Wildman–Crippen MR) is 80.3 cm³/mol. The average Bonchev–Trinajstić information content (AvgIpc) is 2.44. The van der Waals surface area contributed by atoms with Gasteiger partial charge in [0.1, 0.15) is 0 Å². The Morgan fingerprint density at radius 3 is 3.00 bits per heavy atom. The molecular formula is C17H26N2. The minimum Gasteiger partial charge on any atom is -0.309 e. The minimum atomic E-state index is 0.526. The number of fused-ring (bicyclic) bond motifs is 1. The second-order valence-electron chi connectivity index (χ2n) is 6.31. The van der Waals surface area contributed by atoms with Gasteiger partial charge in [0.25, 0.3) is 0 Å². The van der Waals surface area contributed by atoms with Crippen molar-refractivity contribution in [3.05, 3.63) is 35.4 Å². The average molecular weight is 258 g/mol. The van der Waals surface area contributed by atoms with Crippen molar-refractivity contribution < 1.29 is 0 Å². The summed E-state index contributed by atoms with van der Waals surface area (Å²) in [5.74, 6) is 0.840. The van der Waals surface area contributed by atoms with Crippen LogP contribution in [-0.2, 0) is 6.42 Å². The van der Waals surface area contributed by atoms with Gasteiger partial charge in [-0.3, -0.25) is 4.90 Å². The van der Waals surface area contributed by atoms with Gasteiger partial charge < -0.3 is 5.32 Å². The van der Waals surface area contributed by atoms with Gasteiger partial charge in [-0.25, -0.2) is 0 Å². The molecule has 1 fully saturated rings. The molecular weight excluding hydrogens is 232 g/mol. The highest BCUT2D eigenvalue weighted by Crippen LogP contribution is 2.28. The van der Waals surface area contributed by atoms with Gasteiger partial charge in [0.2, 0.25) is 0 Å². The lowest BCUT2D eigenvalue weighted by Gasteiger charge is -2.41. The summed E-state index contributed by atoms with van der Waals surface area (Å²) in [6.45, 7) is 8.37. The van der Waals surface area contributed by atoms with Crippen molar-refractivity contribution in [2.75, 3.05) is 19.6 Å². The number of likely N-dealkylation sites (tertiary alicyclic amines) is 1. The maximum atomic E-state index is 3.72. The molecule has 0 amide bonds. The van der Waals surface area contributed by atoms with Crippen LogP contribution in [0.3, 0.4) is 0 Å². The Morgan fingerprint density at radius 1 is 1.26 bits per heavy atom. The van der Waals surface area contributed by atoms with E-state index in [4.69, 9.17) is 0 Å². The monoisotopic (exact) mass is 258 g/mol. The molecule has 2 heteroatoms. The Hall–Kier alpha value is -0.860. The number of rotatable bonds is 2. The Balaban J connectivity index is 1.74. The summed E-state index contributed by atoms with van der Waals surface area (Å²) in [4.78, 5) is 2.69. The molecule has 1 N–H and O–H groups in total. The second-order valence-corrected chi connectivity index (χ2v) is 6.31. The topological polar surface area (TPSA) is 15.3 Å². The molecule has 19 heavy (non-hydrogen) atoms. The summed E-state index contributed by atoms with van der Waals surface area (Å²) in [5, 5.41) is 3.72. The van der Waals surface area contributed by atoms with Crippen molar-refractivity contribution in [3.8, 4) is 0 Å². The molecule has 1 saturated heterocycles. The van der Waals surface area contributed by atoms with Crippen LogP contribution in [0.1, 0.15) is 43.9 Å². The Bertz CT molecular complexity index is 429. The molecule has 104 valence electrons. The van der Waals surface area contributed by atoms with Gasteiger partial charge in [0.05, 0.1) is 0 Å². The quantitative estimate of drug-likeness (QED) is 0.877. The first kappa shape index (κ1) is 13.1. The normalized spacial score (nSPS) is 32.0. The SMILES string of the molecule is CC1CCCN(CC2NCCc3ccccc32)C1C. The van der Waals surface area contributed by atoms with Crippen molar-refractivity contribution in [3.63, 3.8) is 0 Å². The van der Waals surface area contributed by atoms with E-state index in [1.165, 1.54) is 37.9 Å². The number of hydrogen-bond acceptors (Lipinski definition) is 2. The van der Waals surface area contributed by atoms with Crippen molar-refractivity contribution >= 4 is 0 Å². The van der Waals surface area contributed by atoms with Crippen LogP contribution < -0.4 is 5.32 Å². The van der Waals surface area contributed by atoms with Crippen LogP contribution in [0.4, 0.5) is 0 Å². The zero-order chi connectivity index (χ0) is 13.2. The lowest BCUT2D eigenvalue weighted by Crippen LogP contribution is -2.47. The van der Waals surface area contributed by atoms with Crippen LogP contribution in [0.15, 0.2) is 24.3 Å². The van der Waals surface area contributed by atoms with E-state index in [0.29, 0.717) is 6.04 Å². The number of nitrogens with one attached hydrogen (secondary N) is 1. The summed E-state index contributed by atoms with van der Waals surface area (Å²) in [6.07, 6.45) is 3.94. The number of piperidine rings is 1. The third kappa shape index (κ3) is 2.70. The van der Waals surface area contributed by atoms with Crippen molar-refractivity contribution in [2.45, 2.75) is 45.2 Å². The van der Waals surface area contributed by atoms with Crippen LogP contribution in [-0.4, -0.2) is 30.6 Å². The van der Waals surface area contributed by atoms with Crippen molar-refractivity contribution in [2.24, 2.45) is 5.92 Å². The van der Waals surface area contributed by atoms with Gasteiger partial charge in [0, 0.05) is 18.6 Å². The largest absolute Gasteiger partial charge is 0.309 e. The number of benzene rings is 1. The summed E-state index contributed by atoms with van der Waals surface area (Å²) in [5.41, 5.74) is 3.07. The zero-order valence-corrected chi connectivity index (χ0v) is 12.2. The van der Waals surface area contributed by atoms with E-state index in [1.807, 2.05) is 0 Å². The first-order valence-corrected chi connectivity index (χ1v) is 7.81. The lowest BCUT2D eigenvalue weighted by molar-refractivity contribution is 0.101. The van der Waals surface area contributed by atoms with Gasteiger partial charge in [-0.05, 0) is 56.3 Å². The van der Waals surface area contributed by atoms with Gasteiger partial charge in [-0.2, -0.15) is 0 Å². The third-order valence-corrected chi connectivity index (χ3v) is 5.14. The first-order valence-electron chi connectivity index (χ1n) is 7.81. The molecule has 0 radical (unpaired) electrons. The molecule has 0 spiro atoms. The molecule has 0 aliphatic carbocycles. The Morgan fingerprint density at radius 2 is 2.11 bits per heavy atom. The summed E-state index contributed by atoms with van der Waals surface area (Å²) >= 11 is 0. The molecule has 2 aliphatic heterocycles. The zero-order valence-electron chi connectivity index (χ0n) is 12.2. The van der Waals surface area contributed by atoms with Crippen LogP contribution in [0.25, 0.3) is 0 Å². The number of nitrogens with zero attached hydrogens (tertiary/aromatic N) is 1. The van der Waals surface area contributed by atoms with E-state index in [9.17, 15) is 0 Å². The molecule has 3 unspecified atom stereocenters. The van der Waals surface area contributed by atoms with Crippen LogP contribution in [0, 0.1) is 5.92 Å². The molecule has 1 aromatic rings. The maximum absolute atomic E-state index is 3.72. The standard InChI is InChI=1S/C17H26N2/c1-13-6-5-11-19(14(13)2)12-17-16-8-4-3-7-15(16)9-10-18-17/h3-4,7-8,13-14,17-18H,5-6,9-12H2,1-2H3. The highest BCUT2D eigenvalue weighted by atomic mass is 15.2. The molecule has 0 saturated carbocycles. The number of hydrogen-bond donors (Lipinski definition) is 1. The molecule has 3 rings (SSSR count). The summed E-state index contributed by atoms with van der Waals surface area (Å²) < 4.78 is 0. The van der Waals surface area contributed by atoms with E-state index >= 15 is 0 Å². The minimum absolute atomic E-state index is 0.526. The molecule has 0 aromatic heterocycles. The first-order chi connectivity index (χ1) is 9.25. The highest BCUT2D eigenvalue weighted by molar-refractivity contribution is 5.32. The van der Waals surface area contributed by atoms with Crippen molar-refractivity contribution in [1.82, 2.24) is 10.2 Å². The molecule has 3 atom stereocenters. The van der Waals surface area contributed by atoms with E-state index in [1.54, 1.807) is 5.56 Å². The smallest absolute Gasteiger partial charge is 0.0452 e. The van der Waals surface area contributed by atoms with Gasteiger partial charge in [-0.15, -0.1) is 0 Å². The third-order valence-electron chi connectivity index (χ3n) is 5.14. The van der Waals surface area contributed by atoms with Gasteiger partial charge in [0.15, 0.2) is 0 Å². The molecule has 2 nitrogen and oxygen atoms in total. The maximum Gasteiger partial charge on any atom is 0.0452 e. The van der Waals surface area contributed by atoms with E-state index in [-0.39, 0.29) is 0 Å². The fourth-order valence-electron chi connectivity index (χ4n) is 3.67. The Labute approximate surface area is 117 Å². The second kappa shape index (κ2) is 5.64. The Kier molecular flexibility index (Phi) is 3.90. The van der Waals surface area contributed by atoms with Crippen molar-refractivity contribution in [1.29, 1.82) is 0 Å². The van der Waals surface area contributed by atoms with Crippen LogP contribution in [0.2, 0.25) is 0 Å². The van der Waals surface area contributed by atoms with Gasteiger partial charge in [-0.1, -0.05) is 31.2 Å². The van der Waals surface area contributed by atoms with Crippen LogP contribution in [0.5, 0.6) is 0 Å². The molecule has 2 aliphatic rings. The molecule has 0 bridgehead atoms. The van der Waals surface area contributed by atoms with Gasteiger partial charge >= 0.3 is 0 Å². The summed E-state index contributed by atoms with van der Waals surface area (Å²) in [6, 6.07) is 10.2. The summed E-state index contributed by atoms with van der Waals surface area (Å²) in [7, 11) is 0. The van der Waals surface area contributed by atoms with E-state index < -0.39 is 0 Å². The fourth-order valence-corrected chi connectivity index (χ4v) is 3.67. The lowest BCUT2D eigenvalue weighted by atomic mass is 9.89. The van der Waals surface area contributed by atoms with Crippen LogP contribution >= 0.6 is 0 Å². The predicted octanol–water partition coefficient (Wildman–Crippen LogP) is 2.99. The molecule has 1 aromatic carbocycles.